The highest BCUT2D eigenvalue weighted by atomic mass is 35.5. The third-order valence-electron chi connectivity index (χ3n) is 4.83. The van der Waals surface area contributed by atoms with Gasteiger partial charge in [-0.05, 0) is 44.2 Å². The molecule has 3 heteroatoms. The van der Waals surface area contributed by atoms with Crippen LogP contribution in [0.3, 0.4) is 0 Å². The molecule has 1 unspecified atom stereocenters. The minimum absolute atomic E-state index is 0.0386. The number of aryl methyl sites for hydroxylation is 2. The van der Waals surface area contributed by atoms with E-state index < -0.39 is 0 Å². The van der Waals surface area contributed by atoms with E-state index in [0.717, 1.165) is 23.8 Å². The van der Waals surface area contributed by atoms with Gasteiger partial charge in [-0.2, -0.15) is 0 Å². The molecule has 114 valence electrons. The van der Waals surface area contributed by atoms with Crippen LogP contribution in [0.2, 0.25) is 0 Å². The lowest BCUT2D eigenvalue weighted by Gasteiger charge is -2.13. The highest BCUT2D eigenvalue weighted by molar-refractivity contribution is 6.20. The van der Waals surface area contributed by atoms with Crippen LogP contribution in [-0.4, -0.2) is 9.55 Å². The Labute approximate surface area is 132 Å². The number of nitrogens with zero attached hydrogens (tertiary/aromatic N) is 2. The zero-order valence-corrected chi connectivity index (χ0v) is 13.9. The van der Waals surface area contributed by atoms with E-state index in [2.05, 4.69) is 29.7 Å². The summed E-state index contributed by atoms with van der Waals surface area (Å²) in [5.41, 5.74) is 3.59. The Kier molecular flexibility index (Phi) is 4.54. The first kappa shape index (κ1) is 14.9. The second kappa shape index (κ2) is 6.39. The van der Waals surface area contributed by atoms with Crippen molar-refractivity contribution in [2.45, 2.75) is 64.3 Å². The molecule has 1 heterocycles. The summed E-state index contributed by atoms with van der Waals surface area (Å²) in [6.45, 7) is 5.19. The van der Waals surface area contributed by atoms with E-state index in [-0.39, 0.29) is 5.38 Å². The van der Waals surface area contributed by atoms with Gasteiger partial charge in [-0.3, -0.25) is 0 Å². The number of hydrogen-bond donors (Lipinski definition) is 0. The minimum atomic E-state index is -0.0386. The number of imidazole rings is 1. The Morgan fingerprint density at radius 1 is 1.33 bits per heavy atom. The summed E-state index contributed by atoms with van der Waals surface area (Å²) in [7, 11) is 0. The van der Waals surface area contributed by atoms with Gasteiger partial charge in [0, 0.05) is 6.54 Å². The van der Waals surface area contributed by atoms with Crippen molar-refractivity contribution in [3.05, 3.63) is 29.6 Å². The second-order valence-corrected chi connectivity index (χ2v) is 7.13. The summed E-state index contributed by atoms with van der Waals surface area (Å²) in [6, 6.07) is 6.42. The molecule has 1 aliphatic carbocycles. The van der Waals surface area contributed by atoms with Gasteiger partial charge in [-0.1, -0.05) is 37.8 Å². The van der Waals surface area contributed by atoms with Gasteiger partial charge in [0.05, 0.1) is 16.4 Å². The monoisotopic (exact) mass is 304 g/mol. The van der Waals surface area contributed by atoms with E-state index in [1.807, 2.05) is 6.92 Å². The maximum Gasteiger partial charge on any atom is 0.127 e. The van der Waals surface area contributed by atoms with Crippen molar-refractivity contribution >= 4 is 22.6 Å². The van der Waals surface area contributed by atoms with Crippen molar-refractivity contribution < 1.29 is 0 Å². The molecule has 1 aliphatic rings. The zero-order valence-electron chi connectivity index (χ0n) is 13.1. The van der Waals surface area contributed by atoms with Crippen molar-refractivity contribution in [2.24, 2.45) is 5.92 Å². The summed E-state index contributed by atoms with van der Waals surface area (Å²) in [4.78, 5) is 4.79. The van der Waals surface area contributed by atoms with Gasteiger partial charge in [-0.25, -0.2) is 4.98 Å². The van der Waals surface area contributed by atoms with Crippen molar-refractivity contribution in [1.29, 1.82) is 0 Å². The van der Waals surface area contributed by atoms with Crippen LogP contribution >= 0.6 is 11.6 Å². The predicted octanol–water partition coefficient (Wildman–Crippen LogP) is 5.61. The summed E-state index contributed by atoms with van der Waals surface area (Å²) < 4.78 is 2.34. The highest BCUT2D eigenvalue weighted by Crippen LogP contribution is 2.30. The molecule has 0 spiro atoms. The van der Waals surface area contributed by atoms with Gasteiger partial charge in [0.1, 0.15) is 5.82 Å². The van der Waals surface area contributed by atoms with Crippen LogP contribution in [0.25, 0.3) is 11.0 Å². The van der Waals surface area contributed by atoms with Crippen LogP contribution in [0.4, 0.5) is 0 Å². The second-order valence-electron chi connectivity index (χ2n) is 6.47. The standard InChI is InChI=1S/C18H25ClN2/c1-13-7-5-11-16-17(13)20-18(14(2)19)21(16)12-6-10-15-8-3-4-9-15/h5,7,11,14-15H,3-4,6,8-10,12H2,1-2H3. The normalized spacial score (nSPS) is 17.7. The summed E-state index contributed by atoms with van der Waals surface area (Å²) in [5, 5.41) is -0.0386. The number of fused-ring (bicyclic) bond motifs is 1. The Hall–Kier alpha value is -1.02. The fraction of sp³-hybridized carbons (Fsp3) is 0.611. The van der Waals surface area contributed by atoms with Gasteiger partial charge in [-0.15, -0.1) is 11.6 Å². The Bertz CT molecular complexity index is 609. The Balaban J connectivity index is 1.81. The average Bonchev–Trinajstić information content (AvgIpc) is 3.08. The molecular weight excluding hydrogens is 280 g/mol. The van der Waals surface area contributed by atoms with Gasteiger partial charge < -0.3 is 4.57 Å². The number of hydrogen-bond acceptors (Lipinski definition) is 1. The number of para-hydroxylation sites is 1. The predicted molar refractivity (Wildman–Crippen MR) is 89.9 cm³/mol. The number of rotatable bonds is 5. The molecule has 1 atom stereocenters. The van der Waals surface area contributed by atoms with Gasteiger partial charge in [0.2, 0.25) is 0 Å². The summed E-state index contributed by atoms with van der Waals surface area (Å²) in [6.07, 6.45) is 8.32. The average molecular weight is 305 g/mol. The fourth-order valence-corrected chi connectivity index (χ4v) is 3.85. The molecule has 1 aromatic carbocycles. The lowest BCUT2D eigenvalue weighted by Crippen LogP contribution is -2.06. The van der Waals surface area contributed by atoms with Crippen LogP contribution in [0.5, 0.6) is 0 Å². The summed E-state index contributed by atoms with van der Waals surface area (Å²) >= 11 is 6.35. The number of alkyl halides is 1. The summed E-state index contributed by atoms with van der Waals surface area (Å²) in [5.74, 6) is 1.98. The first-order valence-electron chi connectivity index (χ1n) is 8.26. The smallest absolute Gasteiger partial charge is 0.127 e. The van der Waals surface area contributed by atoms with E-state index in [4.69, 9.17) is 16.6 Å². The van der Waals surface area contributed by atoms with Crippen LogP contribution in [0, 0.1) is 12.8 Å². The first-order valence-corrected chi connectivity index (χ1v) is 8.70. The third-order valence-corrected chi connectivity index (χ3v) is 5.03. The molecule has 21 heavy (non-hydrogen) atoms. The van der Waals surface area contributed by atoms with E-state index in [0.29, 0.717) is 0 Å². The lowest BCUT2D eigenvalue weighted by atomic mass is 10.0. The Morgan fingerprint density at radius 3 is 2.81 bits per heavy atom. The lowest BCUT2D eigenvalue weighted by molar-refractivity contribution is 0.457. The third kappa shape index (κ3) is 3.11. The van der Waals surface area contributed by atoms with Crippen LogP contribution in [-0.2, 0) is 6.54 Å². The van der Waals surface area contributed by atoms with Crippen LogP contribution in [0.1, 0.15) is 62.2 Å². The molecule has 3 rings (SSSR count). The van der Waals surface area contributed by atoms with Crippen LogP contribution in [0.15, 0.2) is 18.2 Å². The first-order chi connectivity index (χ1) is 10.2. The van der Waals surface area contributed by atoms with Crippen molar-refractivity contribution in [3.8, 4) is 0 Å². The molecule has 0 N–H and O–H groups in total. The molecule has 2 nitrogen and oxygen atoms in total. The van der Waals surface area contributed by atoms with E-state index in [1.165, 1.54) is 49.6 Å². The molecular formula is C18H25ClN2. The van der Waals surface area contributed by atoms with Crippen molar-refractivity contribution in [3.63, 3.8) is 0 Å². The molecule has 1 saturated carbocycles. The molecule has 0 amide bonds. The molecule has 0 saturated heterocycles. The van der Waals surface area contributed by atoms with Gasteiger partial charge in [0.15, 0.2) is 0 Å². The van der Waals surface area contributed by atoms with Gasteiger partial charge in [0.25, 0.3) is 0 Å². The molecule has 0 aliphatic heterocycles. The van der Waals surface area contributed by atoms with Gasteiger partial charge >= 0.3 is 0 Å². The van der Waals surface area contributed by atoms with Crippen molar-refractivity contribution in [2.75, 3.05) is 0 Å². The minimum Gasteiger partial charge on any atom is -0.327 e. The SMILES string of the molecule is Cc1cccc2c1nc(C(C)Cl)n2CCCC1CCCC1. The maximum absolute atomic E-state index is 6.35. The van der Waals surface area contributed by atoms with Crippen LogP contribution < -0.4 is 0 Å². The maximum atomic E-state index is 6.35. The fourth-order valence-electron chi connectivity index (χ4n) is 3.68. The quantitative estimate of drug-likeness (QED) is 0.656. The molecule has 0 radical (unpaired) electrons. The van der Waals surface area contributed by atoms with E-state index in [9.17, 15) is 0 Å². The number of halogens is 1. The zero-order chi connectivity index (χ0) is 14.8. The molecule has 0 bridgehead atoms. The molecule has 1 aromatic heterocycles. The topological polar surface area (TPSA) is 17.8 Å². The largest absolute Gasteiger partial charge is 0.327 e. The number of benzene rings is 1. The molecule has 1 fully saturated rings. The molecule has 2 aromatic rings. The highest BCUT2D eigenvalue weighted by Gasteiger charge is 2.18. The Morgan fingerprint density at radius 2 is 2.10 bits per heavy atom. The number of aromatic nitrogens is 2. The van der Waals surface area contributed by atoms with E-state index in [1.54, 1.807) is 0 Å². The van der Waals surface area contributed by atoms with Crippen molar-refractivity contribution in [1.82, 2.24) is 9.55 Å². The van der Waals surface area contributed by atoms with E-state index >= 15 is 0 Å².